The molecule has 1 saturated heterocycles. The van der Waals surface area contributed by atoms with Crippen molar-refractivity contribution in [1.82, 2.24) is 19.3 Å². The van der Waals surface area contributed by atoms with Crippen molar-refractivity contribution in [2.24, 2.45) is 7.05 Å². The van der Waals surface area contributed by atoms with E-state index in [2.05, 4.69) is 14.6 Å². The van der Waals surface area contributed by atoms with Gasteiger partial charge in [-0.25, -0.2) is 0 Å². The van der Waals surface area contributed by atoms with Crippen LogP contribution in [0.2, 0.25) is 0 Å². The van der Waals surface area contributed by atoms with Gasteiger partial charge in [0.1, 0.15) is 5.52 Å². The monoisotopic (exact) mass is 254 g/mol. The fraction of sp³-hybridized carbons (Fsp3) is 0.600. The summed E-state index contributed by atoms with van der Waals surface area (Å²) in [5.41, 5.74) is 3.24. The molecular weight excluding hydrogens is 240 g/mol. The van der Waals surface area contributed by atoms with Gasteiger partial charge in [0.15, 0.2) is 10.4 Å². The summed E-state index contributed by atoms with van der Waals surface area (Å²) in [6, 6.07) is 0.529. The Morgan fingerprint density at radius 1 is 1.56 bits per heavy atom. The van der Waals surface area contributed by atoms with Crippen molar-refractivity contribution in [3.63, 3.8) is 0 Å². The lowest BCUT2D eigenvalue weighted by atomic mass is 10.2. The van der Waals surface area contributed by atoms with Crippen LogP contribution in [0.25, 0.3) is 11.2 Å². The van der Waals surface area contributed by atoms with Crippen LogP contribution in [0.15, 0.2) is 0 Å². The molecule has 0 saturated carbocycles. The second-order valence-corrected chi connectivity index (χ2v) is 5.76. The maximum atomic E-state index is 5.42. The average Bonchev–Trinajstić information content (AvgIpc) is 2.87. The normalized spacial score (nSPS) is 21.0. The number of H-pyrrole nitrogens is 1. The lowest BCUT2D eigenvalue weighted by Gasteiger charge is -2.11. The van der Waals surface area contributed by atoms with Gasteiger partial charge in [-0.2, -0.15) is 16.9 Å². The minimum atomic E-state index is 0.529. The van der Waals surface area contributed by atoms with Crippen molar-refractivity contribution in [3.05, 3.63) is 10.5 Å². The number of hydrogen-bond acceptors (Lipinski definition) is 3. The summed E-state index contributed by atoms with van der Waals surface area (Å²) in [5.74, 6) is 2.39. The molecule has 0 spiro atoms. The third kappa shape index (κ3) is 1.36. The standard InChI is InChI=1S/C10H14N4S2/c1-6-8-9(13(2)12-6)14(10(15)11-8)7-3-4-16-5-7/h7H,3-5H2,1-2H3,(H,11,15). The minimum absolute atomic E-state index is 0.529. The van der Waals surface area contributed by atoms with Crippen LogP contribution in [0.3, 0.4) is 0 Å². The van der Waals surface area contributed by atoms with Gasteiger partial charge < -0.3 is 4.98 Å². The smallest absolute Gasteiger partial charge is 0.179 e. The molecule has 0 radical (unpaired) electrons. The molecule has 6 heteroatoms. The molecule has 0 bridgehead atoms. The van der Waals surface area contributed by atoms with E-state index in [4.69, 9.17) is 12.2 Å². The van der Waals surface area contributed by atoms with Gasteiger partial charge in [-0.3, -0.25) is 9.25 Å². The molecule has 1 aliphatic rings. The van der Waals surface area contributed by atoms with Crippen molar-refractivity contribution >= 4 is 35.1 Å². The predicted octanol–water partition coefficient (Wildman–Crippen LogP) is 2.42. The maximum absolute atomic E-state index is 5.42. The average molecular weight is 254 g/mol. The molecule has 2 aromatic heterocycles. The van der Waals surface area contributed by atoms with Gasteiger partial charge in [-0.15, -0.1) is 0 Å². The van der Waals surface area contributed by atoms with Crippen molar-refractivity contribution < 1.29 is 0 Å². The number of rotatable bonds is 1. The molecule has 2 aromatic rings. The molecule has 4 nitrogen and oxygen atoms in total. The van der Waals surface area contributed by atoms with Crippen LogP contribution in [-0.4, -0.2) is 30.8 Å². The van der Waals surface area contributed by atoms with E-state index in [0.29, 0.717) is 6.04 Å². The summed E-state index contributed by atoms with van der Waals surface area (Å²) in [7, 11) is 1.98. The van der Waals surface area contributed by atoms with Crippen LogP contribution in [0.4, 0.5) is 0 Å². The Balaban J connectivity index is 2.29. The van der Waals surface area contributed by atoms with Crippen LogP contribution in [0.5, 0.6) is 0 Å². The van der Waals surface area contributed by atoms with Gasteiger partial charge in [0.2, 0.25) is 0 Å². The molecule has 0 aliphatic carbocycles. The number of hydrogen-bond donors (Lipinski definition) is 1. The van der Waals surface area contributed by atoms with Gasteiger partial charge >= 0.3 is 0 Å². The van der Waals surface area contributed by atoms with Crippen LogP contribution >= 0.6 is 24.0 Å². The Hall–Kier alpha value is -0.750. The number of nitrogens with zero attached hydrogens (tertiary/aromatic N) is 3. The van der Waals surface area contributed by atoms with Crippen LogP contribution in [0.1, 0.15) is 18.2 Å². The Labute approximate surface area is 103 Å². The van der Waals surface area contributed by atoms with Crippen LogP contribution in [-0.2, 0) is 7.05 Å². The molecule has 16 heavy (non-hydrogen) atoms. The highest BCUT2D eigenvalue weighted by Gasteiger charge is 2.22. The number of thioether (sulfide) groups is 1. The largest absolute Gasteiger partial charge is 0.328 e. The van der Waals surface area contributed by atoms with E-state index in [-0.39, 0.29) is 0 Å². The van der Waals surface area contributed by atoms with E-state index in [1.165, 1.54) is 12.2 Å². The fourth-order valence-electron chi connectivity index (χ4n) is 2.40. The van der Waals surface area contributed by atoms with Crippen LogP contribution < -0.4 is 0 Å². The van der Waals surface area contributed by atoms with E-state index < -0.39 is 0 Å². The molecule has 3 rings (SSSR count). The minimum Gasteiger partial charge on any atom is -0.328 e. The third-order valence-corrected chi connectivity index (χ3v) is 4.59. The second-order valence-electron chi connectivity index (χ2n) is 4.23. The molecule has 1 aliphatic heterocycles. The molecule has 86 valence electrons. The van der Waals surface area contributed by atoms with Gasteiger partial charge in [0, 0.05) is 18.8 Å². The molecule has 1 atom stereocenters. The SMILES string of the molecule is Cc1nn(C)c2c1[nH]c(=S)n2C1CCSC1. The molecule has 1 unspecified atom stereocenters. The first-order valence-electron chi connectivity index (χ1n) is 5.40. The first-order chi connectivity index (χ1) is 7.68. The van der Waals surface area contributed by atoms with E-state index in [1.807, 2.05) is 30.4 Å². The molecule has 1 N–H and O–H groups in total. The van der Waals surface area contributed by atoms with Crippen LogP contribution in [0, 0.1) is 11.7 Å². The third-order valence-electron chi connectivity index (χ3n) is 3.14. The summed E-state index contributed by atoms with van der Waals surface area (Å²) < 4.78 is 5.00. The summed E-state index contributed by atoms with van der Waals surface area (Å²) in [6.07, 6.45) is 1.20. The number of fused-ring (bicyclic) bond motifs is 1. The summed E-state index contributed by atoms with van der Waals surface area (Å²) in [4.78, 5) is 3.28. The Morgan fingerprint density at radius 3 is 3.06 bits per heavy atom. The number of imidazole rings is 1. The number of aromatic amines is 1. The topological polar surface area (TPSA) is 38.5 Å². The number of aromatic nitrogens is 4. The van der Waals surface area contributed by atoms with E-state index in [1.54, 1.807) is 0 Å². The predicted molar refractivity (Wildman–Crippen MR) is 69.6 cm³/mol. The quantitative estimate of drug-likeness (QED) is 0.794. The van der Waals surface area contributed by atoms with Gasteiger partial charge in [0.05, 0.1) is 5.69 Å². The highest BCUT2D eigenvalue weighted by Crippen LogP contribution is 2.31. The van der Waals surface area contributed by atoms with Gasteiger partial charge in [-0.1, -0.05) is 0 Å². The number of aryl methyl sites for hydroxylation is 2. The first kappa shape index (κ1) is 10.4. The first-order valence-corrected chi connectivity index (χ1v) is 6.96. The molecular formula is C10H14N4S2. The van der Waals surface area contributed by atoms with Crippen molar-refractivity contribution in [2.75, 3.05) is 11.5 Å². The molecule has 3 heterocycles. The zero-order valence-corrected chi connectivity index (χ0v) is 11.0. The Morgan fingerprint density at radius 2 is 2.38 bits per heavy atom. The second kappa shape index (κ2) is 3.63. The van der Waals surface area contributed by atoms with Gasteiger partial charge in [0.25, 0.3) is 0 Å². The highest BCUT2D eigenvalue weighted by molar-refractivity contribution is 7.99. The van der Waals surface area contributed by atoms with Crippen molar-refractivity contribution in [1.29, 1.82) is 0 Å². The lowest BCUT2D eigenvalue weighted by molar-refractivity contribution is 0.553. The number of nitrogens with one attached hydrogen (secondary N) is 1. The zero-order chi connectivity index (χ0) is 11.3. The summed E-state index contributed by atoms with van der Waals surface area (Å²) >= 11 is 7.42. The van der Waals surface area contributed by atoms with E-state index in [0.717, 1.165) is 27.4 Å². The molecule has 0 aromatic carbocycles. The summed E-state index contributed by atoms with van der Waals surface area (Å²) in [5, 5.41) is 4.43. The van der Waals surface area contributed by atoms with Gasteiger partial charge in [-0.05, 0) is 31.3 Å². The molecule has 0 amide bonds. The van der Waals surface area contributed by atoms with E-state index in [9.17, 15) is 0 Å². The lowest BCUT2D eigenvalue weighted by Crippen LogP contribution is -2.10. The van der Waals surface area contributed by atoms with E-state index >= 15 is 0 Å². The fourth-order valence-corrected chi connectivity index (χ4v) is 3.93. The highest BCUT2D eigenvalue weighted by atomic mass is 32.2. The van der Waals surface area contributed by atoms with Crippen molar-refractivity contribution in [2.45, 2.75) is 19.4 Å². The zero-order valence-electron chi connectivity index (χ0n) is 9.36. The Bertz CT molecular complexity index is 586. The maximum Gasteiger partial charge on any atom is 0.179 e. The summed E-state index contributed by atoms with van der Waals surface area (Å²) in [6.45, 7) is 2.02. The molecule has 1 fully saturated rings. The Kier molecular flexibility index (Phi) is 2.36. The van der Waals surface area contributed by atoms with Crippen molar-refractivity contribution in [3.8, 4) is 0 Å².